The van der Waals surface area contributed by atoms with Gasteiger partial charge in [-0.1, -0.05) is 15.9 Å². The topological polar surface area (TPSA) is 58.2 Å². The Kier molecular flexibility index (Phi) is 3.53. The lowest BCUT2D eigenvalue weighted by Crippen LogP contribution is -2.53. The molecule has 5 heteroatoms. The van der Waals surface area contributed by atoms with Gasteiger partial charge in [0, 0.05) is 6.54 Å². The number of rotatable bonds is 2. The molecule has 14 heavy (non-hydrogen) atoms. The first-order valence-electron chi connectivity index (χ1n) is 4.69. The molecule has 4 nitrogen and oxygen atoms in total. The lowest BCUT2D eigenvalue weighted by molar-refractivity contribution is -0.130. The fourth-order valence-electron chi connectivity index (χ4n) is 1.24. The summed E-state index contributed by atoms with van der Waals surface area (Å²) in [6.45, 7) is 4.22. The molecule has 2 amide bonds. The molecule has 0 aromatic heterocycles. The van der Waals surface area contributed by atoms with E-state index in [2.05, 4.69) is 26.6 Å². The molecule has 0 aromatic rings. The Morgan fingerprint density at radius 1 is 1.64 bits per heavy atom. The molecule has 1 saturated heterocycles. The highest BCUT2D eigenvalue weighted by Gasteiger charge is 2.29. The van der Waals surface area contributed by atoms with Gasteiger partial charge in [0.05, 0.1) is 4.32 Å². The van der Waals surface area contributed by atoms with E-state index in [0.29, 0.717) is 6.54 Å². The summed E-state index contributed by atoms with van der Waals surface area (Å²) >= 11 is 3.25. The van der Waals surface area contributed by atoms with Crippen LogP contribution in [-0.4, -0.2) is 28.7 Å². The molecule has 0 radical (unpaired) electrons. The fraction of sp³-hybridized carbons (Fsp3) is 0.778. The van der Waals surface area contributed by atoms with Gasteiger partial charge in [0.2, 0.25) is 11.8 Å². The van der Waals surface area contributed by atoms with Crippen molar-refractivity contribution in [1.29, 1.82) is 0 Å². The molecule has 0 aromatic carbocycles. The molecule has 1 unspecified atom stereocenters. The lowest BCUT2D eigenvalue weighted by atomic mass is 10.1. The van der Waals surface area contributed by atoms with Crippen molar-refractivity contribution < 1.29 is 9.59 Å². The first-order valence-corrected chi connectivity index (χ1v) is 5.48. The van der Waals surface area contributed by atoms with Gasteiger partial charge in [-0.2, -0.15) is 0 Å². The van der Waals surface area contributed by atoms with E-state index in [0.717, 1.165) is 12.8 Å². The highest BCUT2D eigenvalue weighted by atomic mass is 79.9. The third kappa shape index (κ3) is 2.97. The second kappa shape index (κ2) is 4.29. The normalized spacial score (nSPS) is 22.8. The molecule has 2 N–H and O–H groups in total. The molecule has 1 atom stereocenters. The van der Waals surface area contributed by atoms with Gasteiger partial charge in [-0.25, -0.2) is 0 Å². The van der Waals surface area contributed by atoms with Crippen molar-refractivity contribution in [3.05, 3.63) is 0 Å². The summed E-state index contributed by atoms with van der Waals surface area (Å²) in [6, 6.07) is -0.368. The van der Waals surface area contributed by atoms with E-state index >= 15 is 0 Å². The van der Waals surface area contributed by atoms with Crippen molar-refractivity contribution in [3.8, 4) is 0 Å². The van der Waals surface area contributed by atoms with E-state index in [-0.39, 0.29) is 17.9 Å². The van der Waals surface area contributed by atoms with Gasteiger partial charge in [0.15, 0.2) is 0 Å². The SMILES string of the molecule is CC(C)(Br)C(=O)NC1CCCNC1=O. The van der Waals surface area contributed by atoms with Crippen LogP contribution in [0.5, 0.6) is 0 Å². The summed E-state index contributed by atoms with van der Waals surface area (Å²) in [4.78, 5) is 22.9. The maximum Gasteiger partial charge on any atom is 0.242 e. The van der Waals surface area contributed by atoms with E-state index in [9.17, 15) is 9.59 Å². The van der Waals surface area contributed by atoms with Crippen LogP contribution in [0.4, 0.5) is 0 Å². The molecule has 1 rings (SSSR count). The molecule has 0 bridgehead atoms. The Balaban J connectivity index is 2.51. The first kappa shape index (κ1) is 11.5. The van der Waals surface area contributed by atoms with Gasteiger partial charge < -0.3 is 10.6 Å². The third-order valence-corrected chi connectivity index (χ3v) is 2.49. The number of amides is 2. The summed E-state index contributed by atoms with van der Waals surface area (Å²) in [5.41, 5.74) is 0. The van der Waals surface area contributed by atoms with Gasteiger partial charge in [-0.15, -0.1) is 0 Å². The third-order valence-electron chi connectivity index (χ3n) is 2.13. The van der Waals surface area contributed by atoms with Crippen molar-refractivity contribution in [2.24, 2.45) is 0 Å². The first-order chi connectivity index (χ1) is 6.41. The minimum absolute atomic E-state index is 0.0821. The monoisotopic (exact) mass is 262 g/mol. The highest BCUT2D eigenvalue weighted by molar-refractivity contribution is 9.10. The number of hydrogen-bond acceptors (Lipinski definition) is 2. The second-order valence-electron chi connectivity index (χ2n) is 3.93. The van der Waals surface area contributed by atoms with E-state index in [1.165, 1.54) is 0 Å². The Morgan fingerprint density at radius 3 is 2.79 bits per heavy atom. The van der Waals surface area contributed by atoms with Crippen molar-refractivity contribution in [1.82, 2.24) is 10.6 Å². The number of nitrogens with one attached hydrogen (secondary N) is 2. The predicted molar refractivity (Wildman–Crippen MR) is 57.2 cm³/mol. The van der Waals surface area contributed by atoms with Gasteiger partial charge >= 0.3 is 0 Å². The largest absolute Gasteiger partial charge is 0.354 e. The molecule has 1 aliphatic heterocycles. The minimum atomic E-state index is -0.620. The predicted octanol–water partition coefficient (Wildman–Crippen LogP) is 0.555. The van der Waals surface area contributed by atoms with Gasteiger partial charge in [0.1, 0.15) is 6.04 Å². The quantitative estimate of drug-likeness (QED) is 0.715. The molecular formula is C9H15BrN2O2. The lowest BCUT2D eigenvalue weighted by Gasteiger charge is -2.25. The standard InChI is InChI=1S/C9H15BrN2O2/c1-9(2,10)8(14)12-6-4-3-5-11-7(6)13/h6H,3-5H2,1-2H3,(H,11,13)(H,12,14). The van der Waals surface area contributed by atoms with Crippen molar-refractivity contribution in [2.75, 3.05) is 6.54 Å². The van der Waals surface area contributed by atoms with E-state index in [1.807, 2.05) is 0 Å². The number of alkyl halides is 1. The zero-order chi connectivity index (χ0) is 10.8. The molecule has 1 aliphatic rings. The highest BCUT2D eigenvalue weighted by Crippen LogP contribution is 2.16. The molecule has 1 heterocycles. The summed E-state index contributed by atoms with van der Waals surface area (Å²) in [6.07, 6.45) is 1.64. The maximum atomic E-state index is 11.5. The zero-order valence-electron chi connectivity index (χ0n) is 8.39. The van der Waals surface area contributed by atoms with E-state index in [1.54, 1.807) is 13.8 Å². The van der Waals surface area contributed by atoms with Gasteiger partial charge in [0.25, 0.3) is 0 Å². The Morgan fingerprint density at radius 2 is 2.29 bits per heavy atom. The summed E-state index contributed by atoms with van der Waals surface area (Å²) in [7, 11) is 0. The summed E-state index contributed by atoms with van der Waals surface area (Å²) in [5.74, 6) is -0.235. The molecule has 0 spiro atoms. The number of carbonyl (C=O) groups is 2. The smallest absolute Gasteiger partial charge is 0.242 e. The Labute approximate surface area is 91.9 Å². The van der Waals surface area contributed by atoms with Crippen LogP contribution in [0.1, 0.15) is 26.7 Å². The number of carbonyl (C=O) groups excluding carboxylic acids is 2. The van der Waals surface area contributed by atoms with E-state index in [4.69, 9.17) is 0 Å². The van der Waals surface area contributed by atoms with Crippen LogP contribution in [0.15, 0.2) is 0 Å². The Hall–Kier alpha value is -0.580. The Bertz CT molecular complexity index is 248. The molecule has 0 aliphatic carbocycles. The van der Waals surface area contributed by atoms with Crippen molar-refractivity contribution in [3.63, 3.8) is 0 Å². The fourth-order valence-corrected chi connectivity index (χ4v) is 1.35. The second-order valence-corrected chi connectivity index (χ2v) is 5.91. The van der Waals surface area contributed by atoms with Crippen LogP contribution >= 0.6 is 15.9 Å². The number of hydrogen-bond donors (Lipinski definition) is 2. The average molecular weight is 263 g/mol. The minimum Gasteiger partial charge on any atom is -0.354 e. The van der Waals surface area contributed by atoms with Crippen LogP contribution in [0.2, 0.25) is 0 Å². The molecule has 1 fully saturated rings. The van der Waals surface area contributed by atoms with Gasteiger partial charge in [-0.05, 0) is 26.7 Å². The van der Waals surface area contributed by atoms with Crippen LogP contribution < -0.4 is 10.6 Å². The van der Waals surface area contributed by atoms with Crippen LogP contribution in [-0.2, 0) is 9.59 Å². The molecule has 0 saturated carbocycles. The van der Waals surface area contributed by atoms with Crippen LogP contribution in [0, 0.1) is 0 Å². The zero-order valence-corrected chi connectivity index (χ0v) is 9.98. The van der Waals surface area contributed by atoms with E-state index < -0.39 is 4.32 Å². The van der Waals surface area contributed by atoms with Crippen molar-refractivity contribution in [2.45, 2.75) is 37.1 Å². The summed E-state index contributed by atoms with van der Waals surface area (Å²) < 4.78 is -0.620. The van der Waals surface area contributed by atoms with Crippen molar-refractivity contribution >= 4 is 27.7 Å². The molecule has 80 valence electrons. The van der Waals surface area contributed by atoms with Gasteiger partial charge in [-0.3, -0.25) is 9.59 Å². The maximum absolute atomic E-state index is 11.5. The van der Waals surface area contributed by atoms with Crippen LogP contribution in [0.25, 0.3) is 0 Å². The molecular weight excluding hydrogens is 248 g/mol. The average Bonchev–Trinajstić information content (AvgIpc) is 2.07. The number of halogens is 1. The number of piperidine rings is 1. The summed E-state index contributed by atoms with van der Waals surface area (Å²) in [5, 5.41) is 5.43. The van der Waals surface area contributed by atoms with Crippen LogP contribution in [0.3, 0.4) is 0 Å².